The maximum Gasteiger partial charge on any atom is 0.295 e. The van der Waals surface area contributed by atoms with Crippen LogP contribution in [-0.4, -0.2) is 13.0 Å². The lowest BCUT2D eigenvalue weighted by atomic mass is 9.97. The summed E-state index contributed by atoms with van der Waals surface area (Å²) in [5.41, 5.74) is 4.01. The first-order valence-electron chi connectivity index (χ1n) is 10.2. The summed E-state index contributed by atoms with van der Waals surface area (Å²) in [6.45, 7) is 3.91. The smallest absolute Gasteiger partial charge is 0.295 e. The van der Waals surface area contributed by atoms with Gasteiger partial charge in [0, 0.05) is 10.2 Å². The molecule has 0 spiro atoms. The molecule has 0 saturated carbocycles. The van der Waals surface area contributed by atoms with Crippen molar-refractivity contribution in [1.29, 1.82) is 0 Å². The minimum Gasteiger partial charge on any atom is -0.497 e. The molecule has 160 valence electrons. The summed E-state index contributed by atoms with van der Waals surface area (Å²) in [5, 5.41) is 0.476. The average Bonchev–Trinajstić information content (AvgIpc) is 3.08. The first kappa shape index (κ1) is 20.5. The molecule has 1 aromatic heterocycles. The van der Waals surface area contributed by atoms with E-state index in [0.717, 1.165) is 21.2 Å². The van der Waals surface area contributed by atoms with Crippen LogP contribution in [0.1, 0.15) is 38.9 Å². The number of carbonyl (C=O) groups excluding carboxylic acids is 1. The molecule has 32 heavy (non-hydrogen) atoms. The van der Waals surface area contributed by atoms with E-state index in [9.17, 15) is 9.59 Å². The van der Waals surface area contributed by atoms with Gasteiger partial charge in [-0.3, -0.25) is 14.5 Å². The maximum absolute atomic E-state index is 13.7. The zero-order chi connectivity index (χ0) is 22.6. The van der Waals surface area contributed by atoms with Crippen LogP contribution in [0.5, 0.6) is 5.75 Å². The van der Waals surface area contributed by atoms with E-state index in [1.165, 1.54) is 0 Å². The molecule has 0 radical (unpaired) electrons. The van der Waals surface area contributed by atoms with Crippen LogP contribution < -0.4 is 15.1 Å². The van der Waals surface area contributed by atoms with Crippen LogP contribution in [0.15, 0.2) is 74.3 Å². The van der Waals surface area contributed by atoms with Crippen molar-refractivity contribution < 1.29 is 13.9 Å². The number of rotatable bonds is 3. The third-order valence-electron chi connectivity index (χ3n) is 5.98. The summed E-state index contributed by atoms with van der Waals surface area (Å²) in [5.74, 6) is 0.385. The van der Waals surface area contributed by atoms with Gasteiger partial charge in [-0.05, 0) is 73.0 Å². The highest BCUT2D eigenvalue weighted by molar-refractivity contribution is 9.10. The first-order valence-corrected chi connectivity index (χ1v) is 11.0. The van der Waals surface area contributed by atoms with Crippen molar-refractivity contribution in [2.75, 3.05) is 12.0 Å². The monoisotopic (exact) mass is 489 g/mol. The fourth-order valence-corrected chi connectivity index (χ4v) is 4.63. The maximum atomic E-state index is 13.7. The van der Waals surface area contributed by atoms with E-state index < -0.39 is 6.04 Å². The van der Waals surface area contributed by atoms with E-state index in [2.05, 4.69) is 15.9 Å². The lowest BCUT2D eigenvalue weighted by Gasteiger charge is -2.25. The third kappa shape index (κ3) is 3.14. The number of fused-ring (bicyclic) bond motifs is 2. The standard InChI is InChI=1S/C26H20BrNO4/c1-14-10-20-21(11-15(14)2)32-25-22(24(20)29)23(16-6-4-9-19(12-16)31-3)28(26(25)30)18-8-5-7-17(27)13-18/h4-13,23H,1-3H3. The van der Waals surface area contributed by atoms with Crippen LogP contribution in [0.2, 0.25) is 0 Å². The molecule has 0 N–H and O–H groups in total. The van der Waals surface area contributed by atoms with Crippen LogP contribution >= 0.6 is 15.9 Å². The summed E-state index contributed by atoms with van der Waals surface area (Å²) in [6, 6.07) is 17.9. The largest absolute Gasteiger partial charge is 0.497 e. The molecule has 5 nitrogen and oxygen atoms in total. The van der Waals surface area contributed by atoms with Gasteiger partial charge in [-0.1, -0.05) is 34.1 Å². The Morgan fingerprint density at radius 3 is 2.47 bits per heavy atom. The lowest BCUT2D eigenvalue weighted by molar-refractivity contribution is 0.0971. The number of aryl methyl sites for hydroxylation is 2. The highest BCUT2D eigenvalue weighted by atomic mass is 79.9. The number of carbonyl (C=O) groups is 1. The third-order valence-corrected chi connectivity index (χ3v) is 6.48. The number of nitrogens with zero attached hydrogens (tertiary/aromatic N) is 1. The predicted molar refractivity (Wildman–Crippen MR) is 128 cm³/mol. The molecule has 0 saturated heterocycles. The normalized spacial score (nSPS) is 15.3. The number of methoxy groups -OCH3 is 1. The van der Waals surface area contributed by atoms with Crippen LogP contribution in [0.3, 0.4) is 0 Å². The number of hydrogen-bond donors (Lipinski definition) is 0. The first-order chi connectivity index (χ1) is 15.4. The van der Waals surface area contributed by atoms with Crippen molar-refractivity contribution >= 4 is 38.5 Å². The van der Waals surface area contributed by atoms with Gasteiger partial charge in [0.1, 0.15) is 11.3 Å². The van der Waals surface area contributed by atoms with Crippen molar-refractivity contribution in [3.05, 3.63) is 103 Å². The van der Waals surface area contributed by atoms with E-state index >= 15 is 0 Å². The molecule has 0 bridgehead atoms. The molecule has 0 aliphatic carbocycles. The number of benzene rings is 3. The summed E-state index contributed by atoms with van der Waals surface area (Å²) < 4.78 is 12.3. The molecule has 4 aromatic rings. The lowest BCUT2D eigenvalue weighted by Crippen LogP contribution is -2.29. The van der Waals surface area contributed by atoms with Crippen molar-refractivity contribution in [2.45, 2.75) is 19.9 Å². The number of ether oxygens (including phenoxy) is 1. The summed E-state index contributed by atoms with van der Waals surface area (Å²) in [4.78, 5) is 29.0. The van der Waals surface area contributed by atoms with Crippen molar-refractivity contribution in [3.8, 4) is 5.75 Å². The molecule has 1 atom stereocenters. The molecule has 1 amide bonds. The Morgan fingerprint density at radius 1 is 0.969 bits per heavy atom. The Kier molecular flexibility index (Phi) is 4.90. The highest BCUT2D eigenvalue weighted by Gasteiger charge is 2.43. The number of amides is 1. The van der Waals surface area contributed by atoms with Crippen LogP contribution in [0.25, 0.3) is 11.0 Å². The minimum absolute atomic E-state index is 0.0820. The molecule has 5 rings (SSSR count). The van der Waals surface area contributed by atoms with Crippen molar-refractivity contribution in [3.63, 3.8) is 0 Å². The second kappa shape index (κ2) is 7.64. The van der Waals surface area contributed by atoms with Gasteiger partial charge in [0.05, 0.1) is 24.1 Å². The quantitative estimate of drug-likeness (QED) is 0.357. The topological polar surface area (TPSA) is 59.8 Å². The van der Waals surface area contributed by atoms with E-state index in [-0.39, 0.29) is 17.1 Å². The Morgan fingerprint density at radius 2 is 1.72 bits per heavy atom. The minimum atomic E-state index is -0.635. The van der Waals surface area contributed by atoms with Gasteiger partial charge >= 0.3 is 0 Å². The van der Waals surface area contributed by atoms with Gasteiger partial charge in [0.2, 0.25) is 5.76 Å². The summed E-state index contributed by atoms with van der Waals surface area (Å²) in [6.07, 6.45) is 0. The fraction of sp³-hybridized carbons (Fsp3) is 0.154. The SMILES string of the molecule is COc1cccc(C2c3c(oc4cc(C)c(C)cc4c3=O)C(=O)N2c2cccc(Br)c2)c1. The zero-order valence-electron chi connectivity index (χ0n) is 17.8. The fourth-order valence-electron chi connectivity index (χ4n) is 4.25. The van der Waals surface area contributed by atoms with Gasteiger partial charge in [-0.2, -0.15) is 0 Å². The van der Waals surface area contributed by atoms with Gasteiger partial charge in [0.25, 0.3) is 5.91 Å². The number of halogens is 1. The van der Waals surface area contributed by atoms with E-state index in [1.54, 1.807) is 12.0 Å². The van der Waals surface area contributed by atoms with Crippen LogP contribution in [-0.2, 0) is 0 Å². The van der Waals surface area contributed by atoms with Crippen LogP contribution in [0.4, 0.5) is 5.69 Å². The van der Waals surface area contributed by atoms with Crippen molar-refractivity contribution in [2.24, 2.45) is 0 Å². The molecular weight excluding hydrogens is 470 g/mol. The average molecular weight is 490 g/mol. The number of anilines is 1. The van der Waals surface area contributed by atoms with E-state index in [4.69, 9.17) is 9.15 Å². The second-order valence-electron chi connectivity index (χ2n) is 7.94. The van der Waals surface area contributed by atoms with E-state index in [0.29, 0.717) is 28.0 Å². The molecule has 1 aliphatic heterocycles. The Hall–Kier alpha value is -3.38. The number of hydrogen-bond acceptors (Lipinski definition) is 4. The van der Waals surface area contributed by atoms with Gasteiger partial charge in [-0.15, -0.1) is 0 Å². The Bertz CT molecular complexity index is 1460. The molecule has 2 heterocycles. The van der Waals surface area contributed by atoms with Crippen LogP contribution in [0, 0.1) is 13.8 Å². The second-order valence-corrected chi connectivity index (χ2v) is 8.86. The molecule has 6 heteroatoms. The molecule has 1 aliphatic rings. The van der Waals surface area contributed by atoms with Gasteiger partial charge < -0.3 is 9.15 Å². The molecule has 1 unspecified atom stereocenters. The predicted octanol–water partition coefficient (Wildman–Crippen LogP) is 5.93. The highest BCUT2D eigenvalue weighted by Crippen LogP contribution is 2.42. The van der Waals surface area contributed by atoms with Gasteiger partial charge in [0.15, 0.2) is 5.43 Å². The van der Waals surface area contributed by atoms with Crippen molar-refractivity contribution in [1.82, 2.24) is 0 Å². The summed E-state index contributed by atoms with van der Waals surface area (Å²) >= 11 is 3.49. The molecular formula is C26H20BrNO4. The summed E-state index contributed by atoms with van der Waals surface area (Å²) in [7, 11) is 1.59. The van der Waals surface area contributed by atoms with E-state index in [1.807, 2.05) is 74.5 Å². The molecule has 0 fully saturated rings. The Labute approximate surface area is 193 Å². The van der Waals surface area contributed by atoms with Gasteiger partial charge in [-0.25, -0.2) is 0 Å². The Balaban J connectivity index is 1.84. The zero-order valence-corrected chi connectivity index (χ0v) is 19.4. The molecule has 3 aromatic carbocycles.